The van der Waals surface area contributed by atoms with Gasteiger partial charge in [0.05, 0.1) is 5.39 Å². The average Bonchev–Trinajstić information content (AvgIpc) is 2.58. The Bertz CT molecular complexity index is 666. The number of hydrogen-bond donors (Lipinski definition) is 3. The summed E-state index contributed by atoms with van der Waals surface area (Å²) in [6.07, 6.45) is 0. The zero-order valence-corrected chi connectivity index (χ0v) is 12.4. The maximum Gasteiger partial charge on any atom is 0.261 e. The second-order valence-electron chi connectivity index (χ2n) is 5.01. The van der Waals surface area contributed by atoms with Gasteiger partial charge in [0.1, 0.15) is 11.5 Å². The van der Waals surface area contributed by atoms with Gasteiger partial charge in [0, 0.05) is 5.41 Å². The average molecular weight is 360 g/mol. The molecule has 2 rings (SSSR count). The largest absolute Gasteiger partial charge is 0.326 e. The van der Waals surface area contributed by atoms with E-state index >= 15 is 0 Å². The van der Waals surface area contributed by atoms with Crippen molar-refractivity contribution in [2.75, 3.05) is 5.32 Å². The summed E-state index contributed by atoms with van der Waals surface area (Å²) in [5.74, 6) is 0.352. The SMILES string of the molecule is CC(C)(C)C(=O)Nc1cc2c(=O)[nH]c(I)nc2[nH]1. The molecule has 2 aromatic heterocycles. The molecule has 18 heavy (non-hydrogen) atoms. The van der Waals surface area contributed by atoms with Crippen molar-refractivity contribution in [1.82, 2.24) is 15.0 Å². The Morgan fingerprint density at radius 1 is 1.39 bits per heavy atom. The predicted molar refractivity (Wildman–Crippen MR) is 77.5 cm³/mol. The molecule has 0 bridgehead atoms. The fourth-order valence-electron chi connectivity index (χ4n) is 1.37. The van der Waals surface area contributed by atoms with Crippen LogP contribution in [0.1, 0.15) is 20.8 Å². The van der Waals surface area contributed by atoms with Crippen LogP contribution in [0.4, 0.5) is 5.82 Å². The van der Waals surface area contributed by atoms with Crippen molar-refractivity contribution in [3.63, 3.8) is 0 Å². The van der Waals surface area contributed by atoms with Crippen molar-refractivity contribution >= 4 is 45.3 Å². The van der Waals surface area contributed by atoms with Gasteiger partial charge in [-0.1, -0.05) is 20.8 Å². The standard InChI is InChI=1S/C11H13IN4O2/c1-11(2,3)9(18)14-6-4-5-7(13-6)15-10(12)16-8(5)17/h4H,1-3H3,(H,14,18)(H2,13,15,16,17). The number of aromatic amines is 2. The molecule has 0 saturated carbocycles. The third kappa shape index (κ3) is 2.55. The second-order valence-corrected chi connectivity index (χ2v) is 6.03. The van der Waals surface area contributed by atoms with Gasteiger partial charge < -0.3 is 15.3 Å². The highest BCUT2D eigenvalue weighted by molar-refractivity contribution is 14.1. The van der Waals surface area contributed by atoms with Gasteiger partial charge in [-0.15, -0.1) is 0 Å². The molecule has 1 amide bonds. The lowest BCUT2D eigenvalue weighted by Gasteiger charge is -2.16. The number of aromatic nitrogens is 3. The van der Waals surface area contributed by atoms with E-state index in [1.54, 1.807) is 6.07 Å². The first-order valence-electron chi connectivity index (χ1n) is 5.37. The molecule has 2 aromatic rings. The third-order valence-electron chi connectivity index (χ3n) is 2.40. The summed E-state index contributed by atoms with van der Waals surface area (Å²) in [6.45, 7) is 5.46. The fourth-order valence-corrected chi connectivity index (χ4v) is 1.86. The number of halogens is 1. The number of carbonyl (C=O) groups is 1. The van der Waals surface area contributed by atoms with Crippen LogP contribution in [-0.2, 0) is 4.79 Å². The van der Waals surface area contributed by atoms with Gasteiger partial charge in [0.25, 0.3) is 5.56 Å². The van der Waals surface area contributed by atoms with Crippen LogP contribution in [0.5, 0.6) is 0 Å². The van der Waals surface area contributed by atoms with Gasteiger partial charge in [0.15, 0.2) is 3.83 Å². The minimum absolute atomic E-state index is 0.125. The van der Waals surface area contributed by atoms with E-state index in [1.165, 1.54) is 0 Å². The number of anilines is 1. The molecule has 0 aliphatic heterocycles. The number of nitrogens with zero attached hydrogens (tertiary/aromatic N) is 1. The Morgan fingerprint density at radius 3 is 2.67 bits per heavy atom. The minimum atomic E-state index is -0.494. The van der Waals surface area contributed by atoms with Gasteiger partial charge >= 0.3 is 0 Å². The van der Waals surface area contributed by atoms with Crippen LogP contribution in [0.15, 0.2) is 10.9 Å². The number of carbonyl (C=O) groups excluding carboxylic acids is 1. The first kappa shape index (κ1) is 13.1. The lowest BCUT2D eigenvalue weighted by atomic mass is 9.96. The highest BCUT2D eigenvalue weighted by atomic mass is 127. The summed E-state index contributed by atoms with van der Waals surface area (Å²) in [6, 6.07) is 1.58. The van der Waals surface area contributed by atoms with Crippen LogP contribution in [0.2, 0.25) is 0 Å². The van der Waals surface area contributed by atoms with Crippen LogP contribution < -0.4 is 10.9 Å². The van der Waals surface area contributed by atoms with Crippen LogP contribution >= 0.6 is 22.6 Å². The van der Waals surface area contributed by atoms with Crippen LogP contribution in [-0.4, -0.2) is 20.9 Å². The van der Waals surface area contributed by atoms with E-state index in [9.17, 15) is 9.59 Å². The molecule has 0 spiro atoms. The zero-order chi connectivity index (χ0) is 13.5. The lowest BCUT2D eigenvalue weighted by Crippen LogP contribution is -2.27. The van der Waals surface area contributed by atoms with Crippen molar-refractivity contribution < 1.29 is 4.79 Å². The Balaban J connectivity index is 2.40. The van der Waals surface area contributed by atoms with E-state index in [2.05, 4.69) is 20.3 Å². The Labute approximate surface area is 117 Å². The van der Waals surface area contributed by atoms with Crippen LogP contribution in [0.3, 0.4) is 0 Å². The number of nitrogens with one attached hydrogen (secondary N) is 3. The van der Waals surface area contributed by atoms with Crippen LogP contribution in [0.25, 0.3) is 11.0 Å². The molecule has 6 nitrogen and oxygen atoms in total. The van der Waals surface area contributed by atoms with Crippen molar-refractivity contribution in [2.45, 2.75) is 20.8 Å². The molecule has 0 aliphatic rings. The number of fused-ring (bicyclic) bond motifs is 1. The van der Waals surface area contributed by atoms with Crippen molar-refractivity contribution in [1.29, 1.82) is 0 Å². The Hall–Kier alpha value is -1.38. The molecule has 2 heterocycles. The van der Waals surface area contributed by atoms with Crippen LogP contribution in [0, 0.1) is 9.25 Å². The van der Waals surface area contributed by atoms with Crippen molar-refractivity contribution in [3.8, 4) is 0 Å². The quantitative estimate of drug-likeness (QED) is 0.536. The molecule has 0 saturated heterocycles. The molecule has 0 radical (unpaired) electrons. The number of rotatable bonds is 1. The van der Waals surface area contributed by atoms with Gasteiger partial charge in [-0.2, -0.15) is 0 Å². The van der Waals surface area contributed by atoms with E-state index < -0.39 is 5.41 Å². The molecule has 0 fully saturated rings. The number of amides is 1. The second kappa shape index (κ2) is 4.38. The van der Waals surface area contributed by atoms with E-state index in [4.69, 9.17) is 0 Å². The number of H-pyrrole nitrogens is 2. The van der Waals surface area contributed by atoms with E-state index in [1.807, 2.05) is 43.4 Å². The van der Waals surface area contributed by atoms with Gasteiger partial charge in [0.2, 0.25) is 5.91 Å². The van der Waals surface area contributed by atoms with E-state index in [0.717, 1.165) is 0 Å². The van der Waals surface area contributed by atoms with Crippen molar-refractivity contribution in [2.24, 2.45) is 5.41 Å². The maximum absolute atomic E-state index is 11.8. The smallest absolute Gasteiger partial charge is 0.261 e. The molecular formula is C11H13IN4O2. The topological polar surface area (TPSA) is 90.6 Å². The monoisotopic (exact) mass is 360 g/mol. The van der Waals surface area contributed by atoms with Gasteiger partial charge in [-0.25, -0.2) is 4.98 Å². The summed E-state index contributed by atoms with van der Waals surface area (Å²) in [5.41, 5.74) is -0.254. The minimum Gasteiger partial charge on any atom is -0.326 e. The summed E-state index contributed by atoms with van der Waals surface area (Å²) >= 11 is 1.93. The lowest BCUT2D eigenvalue weighted by molar-refractivity contribution is -0.123. The number of hydrogen-bond acceptors (Lipinski definition) is 3. The zero-order valence-electron chi connectivity index (χ0n) is 10.2. The summed E-state index contributed by atoms with van der Waals surface area (Å²) in [5, 5.41) is 3.16. The Kier molecular flexibility index (Phi) is 3.18. The maximum atomic E-state index is 11.8. The predicted octanol–water partition coefficient (Wildman–Crippen LogP) is 1.84. The van der Waals surface area contributed by atoms with Gasteiger partial charge in [-0.05, 0) is 28.7 Å². The molecule has 3 N–H and O–H groups in total. The summed E-state index contributed by atoms with van der Waals surface area (Å²) in [7, 11) is 0. The first-order valence-corrected chi connectivity index (χ1v) is 6.45. The summed E-state index contributed by atoms with van der Waals surface area (Å²) < 4.78 is 0.501. The molecule has 0 unspecified atom stereocenters. The van der Waals surface area contributed by atoms with E-state index in [-0.39, 0.29) is 11.5 Å². The molecule has 0 aromatic carbocycles. The molecular weight excluding hydrogens is 347 g/mol. The summed E-state index contributed by atoms with van der Waals surface area (Å²) in [4.78, 5) is 33.1. The highest BCUT2D eigenvalue weighted by Gasteiger charge is 2.22. The first-order chi connectivity index (χ1) is 8.27. The fraction of sp³-hybridized carbons (Fsp3) is 0.364. The molecule has 0 aliphatic carbocycles. The normalized spacial score (nSPS) is 11.8. The molecule has 0 atom stereocenters. The van der Waals surface area contributed by atoms with Crippen molar-refractivity contribution in [3.05, 3.63) is 20.3 Å². The van der Waals surface area contributed by atoms with E-state index in [0.29, 0.717) is 20.7 Å². The third-order valence-corrected chi connectivity index (χ3v) is 2.91. The molecule has 7 heteroatoms. The van der Waals surface area contributed by atoms with Gasteiger partial charge in [-0.3, -0.25) is 9.59 Å². The highest BCUT2D eigenvalue weighted by Crippen LogP contribution is 2.19. The Morgan fingerprint density at radius 2 is 2.06 bits per heavy atom. The molecule has 96 valence electrons.